The lowest BCUT2D eigenvalue weighted by Crippen LogP contribution is -2.31. The number of esters is 1. The van der Waals surface area contributed by atoms with E-state index < -0.39 is 17.7 Å². The van der Waals surface area contributed by atoms with Crippen LogP contribution < -0.4 is 10.1 Å². The maximum Gasteiger partial charge on any atom is 0.323 e. The molecule has 0 aliphatic carbocycles. The predicted molar refractivity (Wildman–Crippen MR) is 66.4 cm³/mol. The molecule has 1 heterocycles. The molecular formula is C12H14ClF2NO3. The van der Waals surface area contributed by atoms with E-state index in [2.05, 4.69) is 10.1 Å². The number of nitrogens with one attached hydrogen (secondary N) is 1. The van der Waals surface area contributed by atoms with Crippen LogP contribution in [0.5, 0.6) is 5.75 Å². The van der Waals surface area contributed by atoms with Crippen molar-refractivity contribution in [1.29, 1.82) is 0 Å². The third kappa shape index (κ3) is 3.78. The van der Waals surface area contributed by atoms with E-state index in [-0.39, 0.29) is 30.2 Å². The van der Waals surface area contributed by atoms with Crippen molar-refractivity contribution in [1.82, 2.24) is 5.32 Å². The van der Waals surface area contributed by atoms with Gasteiger partial charge in [0.2, 0.25) is 0 Å². The molecule has 1 N–H and O–H groups in total. The molecule has 4 nitrogen and oxygen atoms in total. The summed E-state index contributed by atoms with van der Waals surface area (Å²) in [7, 11) is 1.30. The number of halogens is 3. The Morgan fingerprint density at radius 2 is 2.16 bits per heavy atom. The first kappa shape index (κ1) is 15.7. The molecule has 106 valence electrons. The summed E-state index contributed by atoms with van der Waals surface area (Å²) in [4.78, 5) is 11.3. The molecule has 1 aromatic rings. The first-order valence-corrected chi connectivity index (χ1v) is 5.53. The van der Waals surface area contributed by atoms with Crippen LogP contribution in [0.3, 0.4) is 0 Å². The van der Waals surface area contributed by atoms with Crippen molar-refractivity contribution in [3.05, 3.63) is 29.8 Å². The summed E-state index contributed by atoms with van der Waals surface area (Å²) in [5.74, 6) is -1.73. The van der Waals surface area contributed by atoms with Crippen molar-refractivity contribution in [3.63, 3.8) is 0 Å². The van der Waals surface area contributed by atoms with E-state index in [0.717, 1.165) is 18.2 Å². The van der Waals surface area contributed by atoms with Gasteiger partial charge < -0.3 is 14.8 Å². The van der Waals surface area contributed by atoms with Crippen LogP contribution in [0.1, 0.15) is 6.42 Å². The van der Waals surface area contributed by atoms with Crippen molar-refractivity contribution < 1.29 is 23.0 Å². The lowest BCUT2D eigenvalue weighted by atomic mass is 10.2. The SMILES string of the molecule is COC(=O)C1CC(Oc2cc(F)ccc2F)CN1.Cl. The largest absolute Gasteiger partial charge is 0.486 e. The minimum atomic E-state index is -0.627. The van der Waals surface area contributed by atoms with E-state index in [1.54, 1.807) is 0 Å². The molecule has 19 heavy (non-hydrogen) atoms. The molecule has 1 aromatic carbocycles. The van der Waals surface area contributed by atoms with E-state index in [1.807, 2.05) is 0 Å². The van der Waals surface area contributed by atoms with Crippen LogP contribution in [0.2, 0.25) is 0 Å². The van der Waals surface area contributed by atoms with Gasteiger partial charge in [-0.05, 0) is 12.1 Å². The molecule has 0 spiro atoms. The topological polar surface area (TPSA) is 47.6 Å². The third-order valence-corrected chi connectivity index (χ3v) is 2.76. The molecule has 0 amide bonds. The zero-order valence-electron chi connectivity index (χ0n) is 10.2. The Bertz CT molecular complexity index is 459. The summed E-state index contributed by atoms with van der Waals surface area (Å²) < 4.78 is 36.2. The molecule has 0 radical (unpaired) electrons. The summed E-state index contributed by atoms with van der Waals surface area (Å²) in [5, 5.41) is 2.90. The number of hydrogen-bond donors (Lipinski definition) is 1. The van der Waals surface area contributed by atoms with Crippen molar-refractivity contribution in [3.8, 4) is 5.75 Å². The summed E-state index contributed by atoms with van der Waals surface area (Å²) in [6.07, 6.45) is -0.0202. The number of benzene rings is 1. The Labute approximate surface area is 115 Å². The average Bonchev–Trinajstić information content (AvgIpc) is 2.81. The second-order valence-electron chi connectivity index (χ2n) is 4.03. The summed E-state index contributed by atoms with van der Waals surface area (Å²) in [6.45, 7) is 0.385. The second-order valence-corrected chi connectivity index (χ2v) is 4.03. The Morgan fingerprint density at radius 1 is 1.42 bits per heavy atom. The first-order chi connectivity index (χ1) is 8.60. The maximum absolute atomic E-state index is 13.3. The molecule has 0 bridgehead atoms. The van der Waals surface area contributed by atoms with Gasteiger partial charge in [0.25, 0.3) is 0 Å². The van der Waals surface area contributed by atoms with Crippen LogP contribution in [0.4, 0.5) is 8.78 Å². The molecule has 2 atom stereocenters. The average molecular weight is 294 g/mol. The number of hydrogen-bond acceptors (Lipinski definition) is 4. The van der Waals surface area contributed by atoms with Crippen LogP contribution in [0.15, 0.2) is 18.2 Å². The molecule has 0 aromatic heterocycles. The number of ether oxygens (including phenoxy) is 2. The molecule has 1 aliphatic rings. The van der Waals surface area contributed by atoms with Crippen LogP contribution in [0, 0.1) is 11.6 Å². The van der Waals surface area contributed by atoms with Gasteiger partial charge in [-0.3, -0.25) is 4.79 Å². The van der Waals surface area contributed by atoms with E-state index in [9.17, 15) is 13.6 Å². The van der Waals surface area contributed by atoms with Crippen molar-refractivity contribution in [2.45, 2.75) is 18.6 Å². The number of methoxy groups -OCH3 is 1. The van der Waals surface area contributed by atoms with Crippen LogP contribution in [-0.4, -0.2) is 31.8 Å². The molecule has 1 aliphatic heterocycles. The summed E-state index contributed by atoms with van der Waals surface area (Å²) in [5.41, 5.74) is 0. The van der Waals surface area contributed by atoms with Crippen LogP contribution in [0.25, 0.3) is 0 Å². The highest BCUT2D eigenvalue weighted by Gasteiger charge is 2.31. The molecule has 2 unspecified atom stereocenters. The third-order valence-electron chi connectivity index (χ3n) is 2.76. The van der Waals surface area contributed by atoms with E-state index in [0.29, 0.717) is 13.0 Å². The molecular weight excluding hydrogens is 280 g/mol. The fraction of sp³-hybridized carbons (Fsp3) is 0.417. The molecule has 1 fully saturated rings. The van der Waals surface area contributed by atoms with E-state index in [1.165, 1.54) is 7.11 Å². The van der Waals surface area contributed by atoms with Crippen LogP contribution >= 0.6 is 12.4 Å². The second kappa shape index (κ2) is 6.68. The van der Waals surface area contributed by atoms with Gasteiger partial charge in [0.1, 0.15) is 18.0 Å². The Morgan fingerprint density at radius 3 is 2.84 bits per heavy atom. The smallest absolute Gasteiger partial charge is 0.323 e. The van der Waals surface area contributed by atoms with Gasteiger partial charge in [-0.15, -0.1) is 12.4 Å². The van der Waals surface area contributed by atoms with Gasteiger partial charge in [-0.2, -0.15) is 0 Å². The van der Waals surface area contributed by atoms with Crippen molar-refractivity contribution >= 4 is 18.4 Å². The Hall–Kier alpha value is -1.40. The van der Waals surface area contributed by atoms with Gasteiger partial charge in [0, 0.05) is 19.0 Å². The number of carbonyl (C=O) groups excluding carboxylic acids is 1. The molecule has 2 rings (SSSR count). The minimum absolute atomic E-state index is 0. The molecule has 7 heteroatoms. The zero-order valence-corrected chi connectivity index (χ0v) is 11.0. The highest BCUT2D eigenvalue weighted by Crippen LogP contribution is 2.22. The van der Waals surface area contributed by atoms with E-state index in [4.69, 9.17) is 4.74 Å². The van der Waals surface area contributed by atoms with Gasteiger partial charge in [-0.1, -0.05) is 0 Å². The van der Waals surface area contributed by atoms with Gasteiger partial charge >= 0.3 is 5.97 Å². The number of rotatable bonds is 3. The lowest BCUT2D eigenvalue weighted by Gasteiger charge is -2.13. The highest BCUT2D eigenvalue weighted by molar-refractivity contribution is 5.85. The fourth-order valence-electron chi connectivity index (χ4n) is 1.86. The quantitative estimate of drug-likeness (QED) is 0.861. The van der Waals surface area contributed by atoms with Gasteiger partial charge in [0.05, 0.1) is 7.11 Å². The molecule has 1 saturated heterocycles. The summed E-state index contributed by atoms with van der Waals surface area (Å²) in [6, 6.07) is 2.55. The molecule has 0 saturated carbocycles. The maximum atomic E-state index is 13.3. The highest BCUT2D eigenvalue weighted by atomic mass is 35.5. The fourth-order valence-corrected chi connectivity index (χ4v) is 1.86. The van der Waals surface area contributed by atoms with Gasteiger partial charge in [0.15, 0.2) is 11.6 Å². The predicted octanol–water partition coefficient (Wildman–Crippen LogP) is 1.67. The first-order valence-electron chi connectivity index (χ1n) is 5.53. The lowest BCUT2D eigenvalue weighted by molar-refractivity contribution is -0.142. The Kier molecular flexibility index (Phi) is 5.50. The Balaban J connectivity index is 0.00000180. The van der Waals surface area contributed by atoms with E-state index >= 15 is 0 Å². The monoisotopic (exact) mass is 293 g/mol. The zero-order chi connectivity index (χ0) is 13.1. The van der Waals surface area contributed by atoms with Crippen LogP contribution in [-0.2, 0) is 9.53 Å². The number of carbonyl (C=O) groups is 1. The standard InChI is InChI=1S/C12H13F2NO3.ClH/c1-17-12(16)10-5-8(6-15-10)18-11-4-7(13)2-3-9(11)14;/h2-4,8,10,15H,5-6H2,1H3;1H. The van der Waals surface area contributed by atoms with Crippen molar-refractivity contribution in [2.75, 3.05) is 13.7 Å². The minimum Gasteiger partial charge on any atom is -0.486 e. The summed E-state index contributed by atoms with van der Waals surface area (Å²) >= 11 is 0. The normalized spacial score (nSPS) is 21.6. The van der Waals surface area contributed by atoms with Gasteiger partial charge in [-0.25, -0.2) is 8.78 Å². The van der Waals surface area contributed by atoms with Crippen molar-refractivity contribution in [2.24, 2.45) is 0 Å².